The van der Waals surface area contributed by atoms with Gasteiger partial charge in [-0.3, -0.25) is 4.79 Å². The number of benzene rings is 1. The van der Waals surface area contributed by atoms with E-state index in [9.17, 15) is 4.79 Å². The molecule has 1 rings (SSSR count). The maximum Gasteiger partial charge on any atom is 0.251 e. The van der Waals surface area contributed by atoms with E-state index in [4.69, 9.17) is 10.5 Å². The van der Waals surface area contributed by atoms with Gasteiger partial charge in [-0.1, -0.05) is 12.1 Å². The summed E-state index contributed by atoms with van der Waals surface area (Å²) < 4.78 is 5.00. The number of nitrogens with zero attached hydrogens (tertiary/aromatic N) is 1. The number of aliphatic imine (C=N–C) groups is 1. The number of guanidine groups is 1. The van der Waals surface area contributed by atoms with Gasteiger partial charge in [0, 0.05) is 25.8 Å². The standard InChI is InChI=1S/C14H22N4O2.HI/c1-10(9-20-3)18-14(15)17-8-11-5-4-6-12(7-11)13(19)16-2;/h4-7,10H,8-9H2,1-3H3,(H,16,19)(H3,15,17,18);1H. The molecule has 0 saturated heterocycles. The molecule has 1 amide bonds. The summed E-state index contributed by atoms with van der Waals surface area (Å²) in [5, 5.41) is 5.61. The topological polar surface area (TPSA) is 88.7 Å². The summed E-state index contributed by atoms with van der Waals surface area (Å²) in [6.07, 6.45) is 0. The Labute approximate surface area is 142 Å². The van der Waals surface area contributed by atoms with Crippen molar-refractivity contribution in [1.29, 1.82) is 0 Å². The predicted octanol–water partition coefficient (Wildman–Crippen LogP) is 1.10. The molecule has 0 aliphatic carbocycles. The summed E-state index contributed by atoms with van der Waals surface area (Å²) in [4.78, 5) is 15.8. The molecule has 6 nitrogen and oxygen atoms in total. The summed E-state index contributed by atoms with van der Waals surface area (Å²) >= 11 is 0. The second-order valence-corrected chi connectivity index (χ2v) is 4.48. The first-order valence-corrected chi connectivity index (χ1v) is 6.43. The summed E-state index contributed by atoms with van der Waals surface area (Å²) in [5.74, 6) is 0.246. The summed E-state index contributed by atoms with van der Waals surface area (Å²) in [5.41, 5.74) is 7.32. The number of methoxy groups -OCH3 is 1. The van der Waals surface area contributed by atoms with E-state index in [0.717, 1.165) is 5.56 Å². The molecule has 21 heavy (non-hydrogen) atoms. The minimum Gasteiger partial charge on any atom is -0.383 e. The maximum atomic E-state index is 11.5. The largest absolute Gasteiger partial charge is 0.383 e. The van der Waals surface area contributed by atoms with Crippen molar-refractivity contribution in [2.24, 2.45) is 10.7 Å². The van der Waals surface area contributed by atoms with Gasteiger partial charge in [0.1, 0.15) is 0 Å². The van der Waals surface area contributed by atoms with E-state index in [1.54, 1.807) is 26.3 Å². The fourth-order valence-corrected chi connectivity index (χ4v) is 1.72. The molecule has 118 valence electrons. The molecule has 4 N–H and O–H groups in total. The van der Waals surface area contributed by atoms with Crippen LogP contribution in [0.15, 0.2) is 29.3 Å². The molecule has 0 aliphatic rings. The molecular weight excluding hydrogens is 383 g/mol. The number of carbonyl (C=O) groups is 1. The molecule has 0 fully saturated rings. The lowest BCUT2D eigenvalue weighted by atomic mass is 10.1. The molecule has 0 spiro atoms. The highest BCUT2D eigenvalue weighted by Crippen LogP contribution is 2.06. The Morgan fingerprint density at radius 2 is 2.19 bits per heavy atom. The first-order chi connectivity index (χ1) is 9.56. The number of ether oxygens (including phenoxy) is 1. The zero-order valence-corrected chi connectivity index (χ0v) is 14.9. The third-order valence-corrected chi connectivity index (χ3v) is 2.66. The van der Waals surface area contributed by atoms with Crippen LogP contribution in [0.2, 0.25) is 0 Å². The monoisotopic (exact) mass is 406 g/mol. The van der Waals surface area contributed by atoms with Crippen LogP contribution in [0, 0.1) is 0 Å². The number of halogens is 1. The quantitative estimate of drug-likeness (QED) is 0.375. The van der Waals surface area contributed by atoms with E-state index >= 15 is 0 Å². The number of amides is 1. The van der Waals surface area contributed by atoms with Crippen LogP contribution in [0.5, 0.6) is 0 Å². The predicted molar refractivity (Wildman–Crippen MR) is 95.0 cm³/mol. The SMILES string of the molecule is CNC(=O)c1cccc(CN=C(N)NC(C)COC)c1.I. The van der Waals surface area contributed by atoms with Crippen LogP contribution in [0.4, 0.5) is 0 Å². The molecule has 7 heteroatoms. The van der Waals surface area contributed by atoms with E-state index < -0.39 is 0 Å². The minimum atomic E-state index is -0.115. The van der Waals surface area contributed by atoms with Gasteiger partial charge in [0.15, 0.2) is 5.96 Å². The van der Waals surface area contributed by atoms with Crippen molar-refractivity contribution >= 4 is 35.8 Å². The van der Waals surface area contributed by atoms with Crippen LogP contribution in [0.3, 0.4) is 0 Å². The maximum absolute atomic E-state index is 11.5. The van der Waals surface area contributed by atoms with Gasteiger partial charge in [0.05, 0.1) is 13.2 Å². The van der Waals surface area contributed by atoms with Gasteiger partial charge in [-0.2, -0.15) is 0 Å². The zero-order chi connectivity index (χ0) is 15.0. The molecule has 1 atom stereocenters. The van der Waals surface area contributed by atoms with Crippen molar-refractivity contribution in [3.8, 4) is 0 Å². The van der Waals surface area contributed by atoms with E-state index in [2.05, 4.69) is 15.6 Å². The Morgan fingerprint density at radius 3 is 2.81 bits per heavy atom. The van der Waals surface area contributed by atoms with E-state index in [0.29, 0.717) is 24.7 Å². The first-order valence-electron chi connectivity index (χ1n) is 6.43. The smallest absolute Gasteiger partial charge is 0.251 e. The van der Waals surface area contributed by atoms with Crippen LogP contribution in [-0.4, -0.2) is 38.7 Å². The number of carbonyl (C=O) groups excluding carboxylic acids is 1. The molecule has 0 aliphatic heterocycles. The fraction of sp³-hybridized carbons (Fsp3) is 0.429. The molecule has 0 heterocycles. The number of nitrogens with one attached hydrogen (secondary N) is 2. The van der Waals surface area contributed by atoms with Crippen LogP contribution >= 0.6 is 24.0 Å². The molecule has 1 aromatic carbocycles. The lowest BCUT2D eigenvalue weighted by Crippen LogP contribution is -2.40. The molecule has 0 aromatic heterocycles. The average molecular weight is 406 g/mol. The van der Waals surface area contributed by atoms with Gasteiger partial charge < -0.3 is 21.1 Å². The van der Waals surface area contributed by atoms with Crippen molar-refractivity contribution < 1.29 is 9.53 Å². The first kappa shape index (κ1) is 19.7. The lowest BCUT2D eigenvalue weighted by Gasteiger charge is -2.13. The highest BCUT2D eigenvalue weighted by molar-refractivity contribution is 14.0. The Hall–Kier alpha value is -1.35. The number of rotatable bonds is 6. The molecule has 0 radical (unpaired) electrons. The van der Waals surface area contributed by atoms with E-state index in [1.807, 2.05) is 19.1 Å². The van der Waals surface area contributed by atoms with Crippen molar-refractivity contribution in [2.45, 2.75) is 19.5 Å². The van der Waals surface area contributed by atoms with Crippen LogP contribution in [-0.2, 0) is 11.3 Å². The Kier molecular flexibility index (Phi) is 9.72. The molecule has 0 bridgehead atoms. The van der Waals surface area contributed by atoms with Crippen molar-refractivity contribution in [3.63, 3.8) is 0 Å². The summed E-state index contributed by atoms with van der Waals surface area (Å²) in [7, 11) is 3.24. The third kappa shape index (κ3) is 7.28. The van der Waals surface area contributed by atoms with Crippen molar-refractivity contribution in [3.05, 3.63) is 35.4 Å². The highest BCUT2D eigenvalue weighted by atomic mass is 127. The fourth-order valence-electron chi connectivity index (χ4n) is 1.72. The van der Waals surface area contributed by atoms with Crippen LogP contribution in [0.25, 0.3) is 0 Å². The normalized spacial score (nSPS) is 12.2. The highest BCUT2D eigenvalue weighted by Gasteiger charge is 2.04. The second-order valence-electron chi connectivity index (χ2n) is 4.48. The summed E-state index contributed by atoms with van der Waals surface area (Å²) in [6, 6.07) is 7.39. The Balaban J connectivity index is 0.00000400. The van der Waals surface area contributed by atoms with Gasteiger partial charge in [-0.05, 0) is 24.6 Å². The number of hydrogen-bond acceptors (Lipinski definition) is 3. The van der Waals surface area contributed by atoms with Gasteiger partial charge in [0.25, 0.3) is 5.91 Å². The number of nitrogens with two attached hydrogens (primary N) is 1. The number of hydrogen-bond donors (Lipinski definition) is 3. The van der Waals surface area contributed by atoms with Gasteiger partial charge in [-0.15, -0.1) is 24.0 Å². The van der Waals surface area contributed by atoms with Crippen molar-refractivity contribution in [2.75, 3.05) is 20.8 Å². The van der Waals surface area contributed by atoms with Crippen molar-refractivity contribution in [1.82, 2.24) is 10.6 Å². The summed E-state index contributed by atoms with van der Waals surface area (Å²) in [6.45, 7) is 2.93. The molecular formula is C14H23IN4O2. The third-order valence-electron chi connectivity index (χ3n) is 2.66. The van der Waals surface area contributed by atoms with Crippen LogP contribution < -0.4 is 16.4 Å². The van der Waals surface area contributed by atoms with Crippen LogP contribution in [0.1, 0.15) is 22.8 Å². The van der Waals surface area contributed by atoms with Gasteiger partial charge >= 0.3 is 0 Å². The average Bonchev–Trinajstić information content (AvgIpc) is 2.44. The van der Waals surface area contributed by atoms with E-state index in [1.165, 1.54) is 0 Å². The Bertz CT molecular complexity index is 480. The Morgan fingerprint density at radius 1 is 1.48 bits per heavy atom. The molecule has 1 unspecified atom stereocenters. The second kappa shape index (κ2) is 10.4. The minimum absolute atomic E-state index is 0. The molecule has 1 aromatic rings. The van der Waals surface area contributed by atoms with E-state index in [-0.39, 0.29) is 35.9 Å². The van der Waals surface area contributed by atoms with Gasteiger partial charge in [-0.25, -0.2) is 4.99 Å². The molecule has 0 saturated carbocycles. The lowest BCUT2D eigenvalue weighted by molar-refractivity contribution is 0.0963. The van der Waals surface area contributed by atoms with Gasteiger partial charge in [0.2, 0.25) is 0 Å². The zero-order valence-electron chi connectivity index (χ0n) is 12.6.